The quantitative estimate of drug-likeness (QED) is 0.648. The maximum absolute atomic E-state index is 8.87. The summed E-state index contributed by atoms with van der Waals surface area (Å²) in [5.74, 6) is 0.639. The van der Waals surface area contributed by atoms with Gasteiger partial charge in [-0.15, -0.1) is 0 Å². The molecule has 1 atom stereocenters. The maximum Gasteiger partial charge on any atom is 0.0540 e. The Bertz CT molecular complexity index is 492. The van der Waals surface area contributed by atoms with E-state index in [0.717, 1.165) is 5.02 Å². The molecule has 0 bridgehead atoms. The van der Waals surface area contributed by atoms with Crippen LogP contribution in [-0.2, 0) is 0 Å². The van der Waals surface area contributed by atoms with Gasteiger partial charge in [-0.05, 0) is 76.5 Å². The summed E-state index contributed by atoms with van der Waals surface area (Å²) in [7, 11) is 0. The van der Waals surface area contributed by atoms with Crippen molar-refractivity contribution in [3.8, 4) is 0 Å². The van der Waals surface area contributed by atoms with Gasteiger partial charge in [0.15, 0.2) is 0 Å². The van der Waals surface area contributed by atoms with Crippen LogP contribution in [0.3, 0.4) is 0 Å². The van der Waals surface area contributed by atoms with Crippen molar-refractivity contribution in [1.82, 2.24) is 0 Å². The first-order valence-electron chi connectivity index (χ1n) is 8.65. The molecule has 0 heterocycles. The van der Waals surface area contributed by atoms with E-state index in [1.54, 1.807) is 5.57 Å². The summed E-state index contributed by atoms with van der Waals surface area (Å²) in [6.45, 7) is 10.0. The van der Waals surface area contributed by atoms with Crippen LogP contribution in [0.1, 0.15) is 59.3 Å². The van der Waals surface area contributed by atoms with Crippen LogP contribution in [0, 0.1) is 5.92 Å². The molecule has 3 rings (SSSR count). The molecule has 0 aromatic heterocycles. The fourth-order valence-electron chi connectivity index (χ4n) is 2.37. The van der Waals surface area contributed by atoms with Gasteiger partial charge in [-0.2, -0.15) is 0 Å². The minimum atomic E-state index is -0.0475. The zero-order valence-corrected chi connectivity index (χ0v) is 15.6. The first-order chi connectivity index (χ1) is 10.9. The van der Waals surface area contributed by atoms with Crippen molar-refractivity contribution < 1.29 is 5.11 Å². The summed E-state index contributed by atoms with van der Waals surface area (Å²) >= 11 is 5.54. The highest BCUT2D eigenvalue weighted by atomic mass is 35.5. The average Bonchev–Trinajstić information content (AvgIpc) is 2.36. The zero-order valence-electron chi connectivity index (χ0n) is 14.8. The van der Waals surface area contributed by atoms with Gasteiger partial charge >= 0.3 is 0 Å². The molecule has 23 heavy (non-hydrogen) atoms. The van der Waals surface area contributed by atoms with Gasteiger partial charge < -0.3 is 5.11 Å². The van der Waals surface area contributed by atoms with E-state index in [-0.39, 0.29) is 6.10 Å². The second-order valence-electron chi connectivity index (χ2n) is 6.59. The van der Waals surface area contributed by atoms with Gasteiger partial charge in [-0.1, -0.05) is 53.9 Å². The minimum Gasteiger partial charge on any atom is -0.393 e. The predicted octanol–water partition coefficient (Wildman–Crippen LogP) is 6.57. The number of hydrogen-bond acceptors (Lipinski definition) is 1. The third kappa shape index (κ3) is 7.85. The lowest BCUT2D eigenvalue weighted by molar-refractivity contribution is 0.0779. The van der Waals surface area contributed by atoms with E-state index < -0.39 is 0 Å². The number of aliphatic hydroxyl groups is 1. The zero-order chi connectivity index (χ0) is 17.2. The third-order valence-electron chi connectivity index (χ3n) is 4.69. The number of benzene rings is 1. The van der Waals surface area contributed by atoms with Crippen LogP contribution in [-0.4, -0.2) is 11.2 Å². The van der Waals surface area contributed by atoms with Gasteiger partial charge in [0.2, 0.25) is 0 Å². The number of halogens is 1. The summed E-state index contributed by atoms with van der Waals surface area (Å²) in [5, 5.41) is 9.67. The second kappa shape index (κ2) is 10.7. The van der Waals surface area contributed by atoms with Crippen LogP contribution in [0.5, 0.6) is 0 Å². The second-order valence-corrected chi connectivity index (χ2v) is 7.03. The summed E-state index contributed by atoms with van der Waals surface area (Å²) in [5.41, 5.74) is 4.31. The molecular formula is C21H31ClO. The molecule has 2 aliphatic rings. The first-order valence-corrected chi connectivity index (χ1v) is 9.02. The van der Waals surface area contributed by atoms with Gasteiger partial charge in [0.25, 0.3) is 0 Å². The molecular weight excluding hydrogens is 304 g/mol. The molecule has 1 unspecified atom stereocenters. The van der Waals surface area contributed by atoms with E-state index in [9.17, 15) is 0 Å². The van der Waals surface area contributed by atoms with Crippen LogP contribution < -0.4 is 0 Å². The van der Waals surface area contributed by atoms with E-state index in [1.165, 1.54) is 49.7 Å². The summed E-state index contributed by atoms with van der Waals surface area (Å²) in [6, 6.07) is 9.44. The van der Waals surface area contributed by atoms with Crippen LogP contribution in [0.4, 0.5) is 0 Å². The van der Waals surface area contributed by atoms with Gasteiger partial charge in [0.1, 0.15) is 0 Å². The summed E-state index contributed by atoms with van der Waals surface area (Å²) in [6.07, 6.45) is 7.80. The Hall–Kier alpha value is -1.05. The van der Waals surface area contributed by atoms with E-state index in [4.69, 9.17) is 16.7 Å². The molecule has 2 aliphatic carbocycles. The topological polar surface area (TPSA) is 20.2 Å². The van der Waals surface area contributed by atoms with E-state index >= 15 is 0 Å². The number of allylic oxidation sites excluding steroid dienone is 3. The Morgan fingerprint density at radius 2 is 1.70 bits per heavy atom. The SMILES string of the molecule is C=C(C)C(C)=C1CCC1.CC(O)C1CCC1.Clc1ccccc1. The minimum absolute atomic E-state index is 0.0475. The number of rotatable bonds is 2. The van der Waals surface area contributed by atoms with E-state index in [2.05, 4.69) is 20.4 Å². The smallest absolute Gasteiger partial charge is 0.0540 e. The Morgan fingerprint density at radius 3 is 1.83 bits per heavy atom. The first kappa shape index (κ1) is 20.0. The Balaban J connectivity index is 0.000000175. The monoisotopic (exact) mass is 334 g/mol. The van der Waals surface area contributed by atoms with Crippen molar-refractivity contribution in [2.24, 2.45) is 5.92 Å². The van der Waals surface area contributed by atoms with Crippen molar-refractivity contribution >= 4 is 11.6 Å². The van der Waals surface area contributed by atoms with Crippen LogP contribution >= 0.6 is 11.6 Å². The number of aliphatic hydroxyl groups excluding tert-OH is 1. The summed E-state index contributed by atoms with van der Waals surface area (Å²) in [4.78, 5) is 0. The molecule has 0 spiro atoms. The van der Waals surface area contributed by atoms with Gasteiger partial charge in [0, 0.05) is 5.02 Å². The Labute approximate surface area is 147 Å². The molecule has 2 fully saturated rings. The van der Waals surface area contributed by atoms with E-state index in [1.807, 2.05) is 37.3 Å². The average molecular weight is 335 g/mol. The van der Waals surface area contributed by atoms with Crippen molar-refractivity contribution in [1.29, 1.82) is 0 Å². The fourth-order valence-corrected chi connectivity index (χ4v) is 2.51. The van der Waals surface area contributed by atoms with Gasteiger partial charge in [-0.25, -0.2) is 0 Å². The van der Waals surface area contributed by atoms with Crippen molar-refractivity contribution in [2.75, 3.05) is 0 Å². The predicted molar refractivity (Wildman–Crippen MR) is 102 cm³/mol. The maximum atomic E-state index is 8.87. The Kier molecular flexibility index (Phi) is 9.28. The highest BCUT2D eigenvalue weighted by Crippen LogP contribution is 2.30. The molecule has 2 heteroatoms. The molecule has 1 N–H and O–H groups in total. The molecule has 0 amide bonds. The van der Waals surface area contributed by atoms with Gasteiger partial charge in [-0.3, -0.25) is 0 Å². The molecule has 2 saturated carbocycles. The molecule has 0 radical (unpaired) electrons. The van der Waals surface area contributed by atoms with E-state index in [0.29, 0.717) is 5.92 Å². The molecule has 0 saturated heterocycles. The van der Waals surface area contributed by atoms with Crippen molar-refractivity contribution in [3.05, 3.63) is 58.7 Å². The van der Waals surface area contributed by atoms with Gasteiger partial charge in [0.05, 0.1) is 6.10 Å². The molecule has 1 aromatic rings. The highest BCUT2D eigenvalue weighted by Gasteiger charge is 2.21. The molecule has 128 valence electrons. The lowest BCUT2D eigenvalue weighted by Gasteiger charge is -2.27. The molecule has 1 aromatic carbocycles. The molecule has 0 aliphatic heterocycles. The van der Waals surface area contributed by atoms with Crippen molar-refractivity contribution in [2.45, 2.75) is 65.4 Å². The third-order valence-corrected chi connectivity index (χ3v) is 4.94. The number of hydrogen-bond donors (Lipinski definition) is 1. The largest absolute Gasteiger partial charge is 0.393 e. The lowest BCUT2D eigenvalue weighted by Crippen LogP contribution is -2.23. The van der Waals surface area contributed by atoms with Crippen LogP contribution in [0.25, 0.3) is 0 Å². The summed E-state index contributed by atoms with van der Waals surface area (Å²) < 4.78 is 0. The highest BCUT2D eigenvalue weighted by molar-refractivity contribution is 6.30. The van der Waals surface area contributed by atoms with Crippen LogP contribution in [0.2, 0.25) is 5.02 Å². The molecule has 1 nitrogen and oxygen atoms in total. The van der Waals surface area contributed by atoms with Crippen molar-refractivity contribution in [3.63, 3.8) is 0 Å². The van der Waals surface area contributed by atoms with Crippen LogP contribution in [0.15, 0.2) is 53.6 Å². The standard InChI is InChI=1S/C9H14.C6H5Cl.C6H12O/c1-7(2)8(3)9-5-4-6-9;7-6-4-2-1-3-5-6;1-5(7)6-3-2-4-6/h1,4-6H2,2-3H3;1-5H;5-7H,2-4H2,1H3. The fraction of sp³-hybridized carbons (Fsp3) is 0.524. The Morgan fingerprint density at radius 1 is 1.13 bits per heavy atom. The lowest BCUT2D eigenvalue weighted by atomic mass is 9.82. The normalized spacial score (nSPS) is 17.3.